The molecule has 0 bridgehead atoms. The predicted molar refractivity (Wildman–Crippen MR) is 64.3 cm³/mol. The average molecular weight is 298 g/mol. The molecule has 2 rings (SSSR count). The van der Waals surface area contributed by atoms with Crippen LogP contribution in [0.4, 0.5) is 4.39 Å². The number of aromatic nitrogens is 1. The molecule has 1 heterocycles. The SMILES string of the molecule is OCc1cnccc1Oc1cc(F)ccc1Br. The molecular weight excluding hydrogens is 289 g/mol. The minimum absolute atomic E-state index is 0.184. The molecule has 1 aromatic carbocycles. The van der Waals surface area contributed by atoms with Crippen molar-refractivity contribution in [1.29, 1.82) is 0 Å². The molecule has 0 fully saturated rings. The zero-order valence-corrected chi connectivity index (χ0v) is 10.3. The van der Waals surface area contributed by atoms with Gasteiger partial charge in [-0.3, -0.25) is 4.98 Å². The highest BCUT2D eigenvalue weighted by molar-refractivity contribution is 9.10. The zero-order valence-electron chi connectivity index (χ0n) is 8.73. The van der Waals surface area contributed by atoms with Crippen molar-refractivity contribution >= 4 is 15.9 Å². The van der Waals surface area contributed by atoms with Crippen LogP contribution in [0.5, 0.6) is 11.5 Å². The maximum atomic E-state index is 13.1. The van der Waals surface area contributed by atoms with Crippen LogP contribution in [-0.2, 0) is 6.61 Å². The highest BCUT2D eigenvalue weighted by Gasteiger charge is 2.07. The van der Waals surface area contributed by atoms with Crippen molar-refractivity contribution < 1.29 is 14.2 Å². The molecule has 0 aliphatic heterocycles. The molecule has 3 nitrogen and oxygen atoms in total. The molecule has 0 atom stereocenters. The number of aliphatic hydroxyl groups is 1. The number of hydrogen-bond acceptors (Lipinski definition) is 3. The lowest BCUT2D eigenvalue weighted by molar-refractivity contribution is 0.276. The molecule has 17 heavy (non-hydrogen) atoms. The lowest BCUT2D eigenvalue weighted by Gasteiger charge is -2.10. The highest BCUT2D eigenvalue weighted by atomic mass is 79.9. The van der Waals surface area contributed by atoms with Crippen molar-refractivity contribution in [3.63, 3.8) is 0 Å². The monoisotopic (exact) mass is 297 g/mol. The van der Waals surface area contributed by atoms with Crippen LogP contribution in [0.25, 0.3) is 0 Å². The summed E-state index contributed by atoms with van der Waals surface area (Å²) in [6, 6.07) is 5.77. The van der Waals surface area contributed by atoms with E-state index in [1.54, 1.807) is 18.3 Å². The molecule has 2 aromatic rings. The first-order chi connectivity index (χ1) is 8.20. The quantitative estimate of drug-likeness (QED) is 0.945. The Labute approximate surface area is 106 Å². The number of halogens is 2. The summed E-state index contributed by atoms with van der Waals surface area (Å²) in [4.78, 5) is 3.87. The molecule has 0 saturated heterocycles. The van der Waals surface area contributed by atoms with Crippen LogP contribution in [0.2, 0.25) is 0 Å². The first-order valence-corrected chi connectivity index (χ1v) is 5.66. The van der Waals surface area contributed by atoms with Crippen LogP contribution in [0.15, 0.2) is 41.1 Å². The van der Waals surface area contributed by atoms with Gasteiger partial charge in [-0.15, -0.1) is 0 Å². The van der Waals surface area contributed by atoms with Crippen LogP contribution < -0.4 is 4.74 Å². The van der Waals surface area contributed by atoms with Crippen molar-refractivity contribution in [2.24, 2.45) is 0 Å². The van der Waals surface area contributed by atoms with Gasteiger partial charge >= 0.3 is 0 Å². The lowest BCUT2D eigenvalue weighted by Crippen LogP contribution is -1.93. The smallest absolute Gasteiger partial charge is 0.144 e. The Morgan fingerprint density at radius 2 is 2.12 bits per heavy atom. The second-order valence-corrected chi connectivity index (χ2v) is 4.17. The molecule has 0 unspecified atom stereocenters. The topological polar surface area (TPSA) is 42.4 Å². The minimum Gasteiger partial charge on any atom is -0.456 e. The van der Waals surface area contributed by atoms with Gasteiger partial charge in [-0.05, 0) is 34.1 Å². The molecule has 5 heteroatoms. The van der Waals surface area contributed by atoms with Gasteiger partial charge in [0.2, 0.25) is 0 Å². The summed E-state index contributed by atoms with van der Waals surface area (Å²) < 4.78 is 19.2. The number of pyridine rings is 1. The fourth-order valence-electron chi connectivity index (χ4n) is 1.31. The molecule has 1 N–H and O–H groups in total. The summed E-state index contributed by atoms with van der Waals surface area (Å²) in [6.45, 7) is -0.184. The molecule has 0 saturated carbocycles. The van der Waals surface area contributed by atoms with Crippen LogP contribution in [0, 0.1) is 5.82 Å². The van der Waals surface area contributed by atoms with Gasteiger partial charge in [0, 0.05) is 24.0 Å². The third kappa shape index (κ3) is 2.81. The van der Waals surface area contributed by atoms with E-state index in [1.165, 1.54) is 18.3 Å². The van der Waals surface area contributed by atoms with Gasteiger partial charge in [0.25, 0.3) is 0 Å². The summed E-state index contributed by atoms with van der Waals surface area (Å²) in [5.41, 5.74) is 0.545. The van der Waals surface area contributed by atoms with Gasteiger partial charge < -0.3 is 9.84 Å². The lowest BCUT2D eigenvalue weighted by atomic mass is 10.2. The number of hydrogen-bond donors (Lipinski definition) is 1. The maximum Gasteiger partial charge on any atom is 0.144 e. The average Bonchev–Trinajstić information content (AvgIpc) is 2.34. The summed E-state index contributed by atoms with van der Waals surface area (Å²) in [6.07, 6.45) is 3.05. The van der Waals surface area contributed by atoms with Crippen molar-refractivity contribution in [1.82, 2.24) is 4.98 Å². The largest absolute Gasteiger partial charge is 0.456 e. The Kier molecular flexibility index (Phi) is 3.71. The minimum atomic E-state index is -0.386. The summed E-state index contributed by atoms with van der Waals surface area (Å²) in [7, 11) is 0. The van der Waals surface area contributed by atoms with Crippen molar-refractivity contribution in [2.45, 2.75) is 6.61 Å². The molecular formula is C12H9BrFNO2. The Bertz CT molecular complexity index is 534. The number of nitrogens with zero attached hydrogens (tertiary/aromatic N) is 1. The normalized spacial score (nSPS) is 10.3. The molecule has 0 aliphatic carbocycles. The van der Waals surface area contributed by atoms with Crippen LogP contribution >= 0.6 is 15.9 Å². The van der Waals surface area contributed by atoms with Gasteiger partial charge in [0.15, 0.2) is 0 Å². The van der Waals surface area contributed by atoms with Crippen LogP contribution in [0.3, 0.4) is 0 Å². The summed E-state index contributed by atoms with van der Waals surface area (Å²) in [5, 5.41) is 9.11. The van der Waals surface area contributed by atoms with E-state index in [2.05, 4.69) is 20.9 Å². The second-order valence-electron chi connectivity index (χ2n) is 3.32. The summed E-state index contributed by atoms with van der Waals surface area (Å²) >= 11 is 3.26. The molecule has 1 aromatic heterocycles. The van der Waals surface area contributed by atoms with E-state index in [0.29, 0.717) is 21.5 Å². The van der Waals surface area contributed by atoms with Crippen LogP contribution in [0.1, 0.15) is 5.56 Å². The van der Waals surface area contributed by atoms with Gasteiger partial charge in [-0.2, -0.15) is 0 Å². The van der Waals surface area contributed by atoms with E-state index < -0.39 is 0 Å². The fourth-order valence-corrected chi connectivity index (χ4v) is 1.63. The van der Waals surface area contributed by atoms with Gasteiger partial charge in [-0.1, -0.05) is 0 Å². The molecule has 0 spiro atoms. The molecule has 0 amide bonds. The van der Waals surface area contributed by atoms with Crippen molar-refractivity contribution in [2.75, 3.05) is 0 Å². The van der Waals surface area contributed by atoms with Gasteiger partial charge in [0.05, 0.1) is 11.1 Å². The number of rotatable bonds is 3. The molecule has 88 valence electrons. The Morgan fingerprint density at radius 3 is 2.88 bits per heavy atom. The first-order valence-electron chi connectivity index (χ1n) is 4.87. The number of ether oxygens (including phenoxy) is 1. The van der Waals surface area contributed by atoms with Crippen molar-refractivity contribution in [3.8, 4) is 11.5 Å². The van der Waals surface area contributed by atoms with E-state index >= 15 is 0 Å². The van der Waals surface area contributed by atoms with E-state index in [4.69, 9.17) is 9.84 Å². The van der Waals surface area contributed by atoms with E-state index in [-0.39, 0.29) is 12.4 Å². The molecule has 0 radical (unpaired) electrons. The number of benzene rings is 1. The van der Waals surface area contributed by atoms with Crippen LogP contribution in [-0.4, -0.2) is 10.1 Å². The van der Waals surface area contributed by atoms with E-state index in [9.17, 15) is 4.39 Å². The standard InChI is InChI=1S/C12H9BrFNO2/c13-10-2-1-9(14)5-12(10)17-11-3-4-15-6-8(11)7-16/h1-6,16H,7H2. The van der Waals surface area contributed by atoms with Gasteiger partial charge in [-0.25, -0.2) is 4.39 Å². The Hall–Kier alpha value is -1.46. The van der Waals surface area contributed by atoms with E-state index in [1.807, 2.05) is 0 Å². The summed E-state index contributed by atoms with van der Waals surface area (Å²) in [5.74, 6) is 0.419. The third-order valence-corrected chi connectivity index (χ3v) is 2.80. The Morgan fingerprint density at radius 1 is 1.29 bits per heavy atom. The third-order valence-electron chi connectivity index (χ3n) is 2.14. The van der Waals surface area contributed by atoms with Gasteiger partial charge in [0.1, 0.15) is 17.3 Å². The predicted octanol–water partition coefficient (Wildman–Crippen LogP) is 3.27. The van der Waals surface area contributed by atoms with Crippen molar-refractivity contribution in [3.05, 3.63) is 52.5 Å². The van der Waals surface area contributed by atoms with E-state index in [0.717, 1.165) is 0 Å². The first kappa shape index (κ1) is 12.0. The zero-order chi connectivity index (χ0) is 12.3. The second kappa shape index (κ2) is 5.25. The fraction of sp³-hybridized carbons (Fsp3) is 0.0833. The highest BCUT2D eigenvalue weighted by Crippen LogP contribution is 2.31. The maximum absolute atomic E-state index is 13.1. The molecule has 0 aliphatic rings. The number of aliphatic hydroxyl groups excluding tert-OH is 1. The Balaban J connectivity index is 2.34.